The first-order chi connectivity index (χ1) is 6.00. The lowest BCUT2D eigenvalue weighted by atomic mass is 10.3. The Kier molecular flexibility index (Phi) is 3.17. The molecule has 1 rings (SSSR count). The maximum Gasteiger partial charge on any atom is 0.387 e. The van der Waals surface area contributed by atoms with Crippen LogP contribution in [0.25, 0.3) is 0 Å². The number of phenolic OH excluding ortho intramolecular Hbond substituents is 1. The van der Waals surface area contributed by atoms with Gasteiger partial charge in [-0.05, 0) is 6.07 Å². The summed E-state index contributed by atoms with van der Waals surface area (Å²) >= 11 is 10.9. The average Bonchev–Trinajstić information content (AvgIpc) is 1.96. The molecule has 0 radical (unpaired) electrons. The second-order valence-corrected chi connectivity index (χ2v) is 2.96. The number of halogens is 4. The maximum atomic E-state index is 11.8. The normalized spacial score (nSPS) is 10.5. The molecule has 1 aromatic carbocycles. The van der Waals surface area contributed by atoms with E-state index in [1.165, 1.54) is 6.07 Å². The molecule has 0 bridgehead atoms. The smallest absolute Gasteiger partial charge is 0.387 e. The third-order valence-electron chi connectivity index (χ3n) is 1.20. The molecule has 6 heteroatoms. The highest BCUT2D eigenvalue weighted by atomic mass is 35.5. The van der Waals surface area contributed by atoms with Crippen LogP contribution in [0.4, 0.5) is 8.78 Å². The van der Waals surface area contributed by atoms with Gasteiger partial charge in [-0.2, -0.15) is 8.78 Å². The van der Waals surface area contributed by atoms with Crippen molar-refractivity contribution in [1.29, 1.82) is 0 Å². The third-order valence-corrected chi connectivity index (χ3v) is 1.69. The molecule has 72 valence electrons. The van der Waals surface area contributed by atoms with Crippen LogP contribution >= 0.6 is 23.2 Å². The topological polar surface area (TPSA) is 29.5 Å². The van der Waals surface area contributed by atoms with Crippen LogP contribution in [0.15, 0.2) is 12.1 Å². The predicted molar refractivity (Wildman–Crippen MR) is 44.8 cm³/mol. The molecule has 0 atom stereocenters. The van der Waals surface area contributed by atoms with Gasteiger partial charge in [0.15, 0.2) is 11.5 Å². The molecule has 0 saturated heterocycles. The van der Waals surface area contributed by atoms with Crippen molar-refractivity contribution in [1.82, 2.24) is 0 Å². The molecular formula is C7H4Cl2F2O2. The molecule has 13 heavy (non-hydrogen) atoms. The van der Waals surface area contributed by atoms with Gasteiger partial charge in [0.05, 0.1) is 5.02 Å². The van der Waals surface area contributed by atoms with Gasteiger partial charge in [-0.1, -0.05) is 23.2 Å². The summed E-state index contributed by atoms with van der Waals surface area (Å²) in [4.78, 5) is 0. The zero-order chi connectivity index (χ0) is 10.0. The SMILES string of the molecule is Oc1cc(Cl)cc(Cl)c1OC(F)F. The second-order valence-electron chi connectivity index (χ2n) is 2.11. The minimum Gasteiger partial charge on any atom is -0.504 e. The zero-order valence-electron chi connectivity index (χ0n) is 6.10. The van der Waals surface area contributed by atoms with Crippen molar-refractivity contribution in [2.75, 3.05) is 0 Å². The predicted octanol–water partition coefficient (Wildman–Crippen LogP) is 3.30. The van der Waals surface area contributed by atoms with Crippen molar-refractivity contribution in [3.8, 4) is 11.5 Å². The number of hydrogen-bond acceptors (Lipinski definition) is 2. The number of alkyl halides is 2. The first kappa shape index (κ1) is 10.3. The molecule has 1 aromatic rings. The second kappa shape index (κ2) is 3.98. The number of benzene rings is 1. The van der Waals surface area contributed by atoms with Gasteiger partial charge in [0, 0.05) is 11.1 Å². The van der Waals surface area contributed by atoms with E-state index >= 15 is 0 Å². The quantitative estimate of drug-likeness (QED) is 0.842. The third kappa shape index (κ3) is 2.60. The van der Waals surface area contributed by atoms with Gasteiger partial charge in [0.1, 0.15) is 0 Å². The summed E-state index contributed by atoms with van der Waals surface area (Å²) in [5, 5.41) is 9.07. The van der Waals surface area contributed by atoms with E-state index in [1.54, 1.807) is 0 Å². The van der Waals surface area contributed by atoms with E-state index < -0.39 is 18.1 Å². The minimum absolute atomic E-state index is 0.143. The van der Waals surface area contributed by atoms with Crippen LogP contribution in [0.3, 0.4) is 0 Å². The lowest BCUT2D eigenvalue weighted by molar-refractivity contribution is -0.0511. The highest BCUT2D eigenvalue weighted by molar-refractivity contribution is 6.35. The molecule has 0 amide bonds. The maximum absolute atomic E-state index is 11.8. The molecule has 0 spiro atoms. The molecule has 0 aromatic heterocycles. The van der Waals surface area contributed by atoms with Crippen LogP contribution in [0.2, 0.25) is 10.0 Å². The van der Waals surface area contributed by atoms with Crippen LogP contribution < -0.4 is 4.74 Å². The summed E-state index contributed by atoms with van der Waals surface area (Å²) in [5.74, 6) is -0.987. The fraction of sp³-hybridized carbons (Fsp3) is 0.143. The Morgan fingerprint density at radius 1 is 1.31 bits per heavy atom. The Balaban J connectivity index is 3.06. The number of rotatable bonds is 2. The Morgan fingerprint density at radius 3 is 2.38 bits per heavy atom. The van der Waals surface area contributed by atoms with Crippen molar-refractivity contribution in [3.05, 3.63) is 22.2 Å². The van der Waals surface area contributed by atoms with Crippen molar-refractivity contribution in [2.24, 2.45) is 0 Å². The number of phenols is 1. The molecule has 0 aliphatic carbocycles. The lowest BCUT2D eigenvalue weighted by Crippen LogP contribution is -2.02. The van der Waals surface area contributed by atoms with Crippen LogP contribution in [0.1, 0.15) is 0 Å². The van der Waals surface area contributed by atoms with Gasteiger partial charge in [-0.3, -0.25) is 0 Å². The summed E-state index contributed by atoms with van der Waals surface area (Å²) in [6.45, 7) is -3.04. The van der Waals surface area contributed by atoms with Crippen LogP contribution in [-0.4, -0.2) is 11.7 Å². The summed E-state index contributed by atoms with van der Waals surface area (Å²) in [7, 11) is 0. The van der Waals surface area contributed by atoms with E-state index in [0.29, 0.717) is 0 Å². The fourth-order valence-corrected chi connectivity index (χ4v) is 1.28. The summed E-state index contributed by atoms with van der Waals surface area (Å²) < 4.78 is 27.5. The standard InChI is InChI=1S/C7H4Cl2F2O2/c8-3-1-4(9)6(5(12)2-3)13-7(10)11/h1-2,7,12H. The van der Waals surface area contributed by atoms with Gasteiger partial charge in [-0.15, -0.1) is 0 Å². The Bertz CT molecular complexity index is 294. The van der Waals surface area contributed by atoms with E-state index in [1.807, 2.05) is 0 Å². The Morgan fingerprint density at radius 2 is 1.92 bits per heavy atom. The van der Waals surface area contributed by atoms with Gasteiger partial charge < -0.3 is 9.84 Å². The Labute approximate surface area is 82.6 Å². The summed E-state index contributed by atoms with van der Waals surface area (Å²) in [6.07, 6.45) is 0. The van der Waals surface area contributed by atoms with Crippen molar-refractivity contribution < 1.29 is 18.6 Å². The number of hydrogen-bond donors (Lipinski definition) is 1. The fourth-order valence-electron chi connectivity index (χ4n) is 0.753. The monoisotopic (exact) mass is 228 g/mol. The first-order valence-electron chi connectivity index (χ1n) is 3.13. The van der Waals surface area contributed by atoms with Gasteiger partial charge in [-0.25, -0.2) is 0 Å². The molecular weight excluding hydrogens is 225 g/mol. The first-order valence-corrected chi connectivity index (χ1v) is 3.89. The van der Waals surface area contributed by atoms with Crippen LogP contribution in [-0.2, 0) is 0 Å². The van der Waals surface area contributed by atoms with Crippen molar-refractivity contribution >= 4 is 23.2 Å². The van der Waals surface area contributed by atoms with Gasteiger partial charge in [0.2, 0.25) is 0 Å². The minimum atomic E-state index is -3.04. The molecule has 0 aliphatic rings. The van der Waals surface area contributed by atoms with Crippen LogP contribution in [0, 0.1) is 0 Å². The largest absolute Gasteiger partial charge is 0.504 e. The van der Waals surface area contributed by atoms with E-state index in [0.717, 1.165) is 6.07 Å². The number of ether oxygens (including phenoxy) is 1. The number of aromatic hydroxyl groups is 1. The van der Waals surface area contributed by atoms with Crippen molar-refractivity contribution in [3.63, 3.8) is 0 Å². The highest BCUT2D eigenvalue weighted by Crippen LogP contribution is 2.37. The molecule has 0 heterocycles. The Hall–Kier alpha value is -0.740. The van der Waals surface area contributed by atoms with E-state index in [2.05, 4.69) is 4.74 Å². The zero-order valence-corrected chi connectivity index (χ0v) is 7.61. The molecule has 0 aliphatic heterocycles. The van der Waals surface area contributed by atoms with Crippen LogP contribution in [0.5, 0.6) is 11.5 Å². The summed E-state index contributed by atoms with van der Waals surface area (Å²) in [5.41, 5.74) is 0. The molecule has 0 saturated carbocycles. The average molecular weight is 229 g/mol. The van der Waals surface area contributed by atoms with Crippen molar-refractivity contribution in [2.45, 2.75) is 6.61 Å². The lowest BCUT2D eigenvalue weighted by Gasteiger charge is -2.08. The summed E-state index contributed by atoms with van der Waals surface area (Å²) in [6, 6.07) is 2.26. The molecule has 2 nitrogen and oxygen atoms in total. The van der Waals surface area contributed by atoms with E-state index in [9.17, 15) is 8.78 Å². The van der Waals surface area contributed by atoms with E-state index in [4.69, 9.17) is 28.3 Å². The molecule has 0 unspecified atom stereocenters. The molecule has 1 N–H and O–H groups in total. The van der Waals surface area contributed by atoms with Gasteiger partial charge >= 0.3 is 6.61 Å². The van der Waals surface area contributed by atoms with Gasteiger partial charge in [0.25, 0.3) is 0 Å². The molecule has 0 fully saturated rings. The highest BCUT2D eigenvalue weighted by Gasteiger charge is 2.14. The van der Waals surface area contributed by atoms with E-state index in [-0.39, 0.29) is 10.0 Å².